The fraction of sp³-hybridized carbons (Fsp3) is 0.0909. The smallest absolute Gasteiger partial charge is 0.343 e. The molecule has 3 aromatic rings. The van der Waals surface area contributed by atoms with Crippen LogP contribution < -0.4 is 19.6 Å². The minimum absolute atomic E-state index is 0.331. The highest BCUT2D eigenvalue weighted by Crippen LogP contribution is 2.28. The van der Waals surface area contributed by atoms with E-state index in [0.717, 1.165) is 5.56 Å². The van der Waals surface area contributed by atoms with Gasteiger partial charge in [0, 0.05) is 18.0 Å². The van der Waals surface area contributed by atoms with Crippen molar-refractivity contribution in [3.05, 3.63) is 83.7 Å². The second-order valence-electron chi connectivity index (χ2n) is 5.96. The SMILES string of the molecule is COc1ccc(C(=O)Oc2ccc(/C=N/NC(=O)c3ccncc3)cc2)cc1OC. The molecule has 0 aliphatic carbocycles. The normalized spacial score (nSPS) is 10.5. The summed E-state index contributed by atoms with van der Waals surface area (Å²) in [6.07, 6.45) is 4.54. The van der Waals surface area contributed by atoms with Crippen molar-refractivity contribution in [1.29, 1.82) is 0 Å². The summed E-state index contributed by atoms with van der Waals surface area (Å²) in [5, 5.41) is 3.91. The average Bonchev–Trinajstić information content (AvgIpc) is 2.80. The van der Waals surface area contributed by atoms with Gasteiger partial charge in [0.2, 0.25) is 0 Å². The Hall–Kier alpha value is -4.20. The van der Waals surface area contributed by atoms with E-state index < -0.39 is 5.97 Å². The fourth-order valence-electron chi connectivity index (χ4n) is 2.48. The highest BCUT2D eigenvalue weighted by Gasteiger charge is 2.13. The molecule has 0 aliphatic rings. The largest absolute Gasteiger partial charge is 0.493 e. The van der Waals surface area contributed by atoms with Gasteiger partial charge in [-0.05, 0) is 60.2 Å². The number of pyridine rings is 1. The molecule has 0 fully saturated rings. The number of aromatic nitrogens is 1. The number of hydrogen-bond acceptors (Lipinski definition) is 7. The van der Waals surface area contributed by atoms with Gasteiger partial charge < -0.3 is 14.2 Å². The number of benzene rings is 2. The molecule has 1 aromatic heterocycles. The highest BCUT2D eigenvalue weighted by atomic mass is 16.5. The molecule has 0 aliphatic heterocycles. The molecular weight excluding hydrogens is 386 g/mol. The van der Waals surface area contributed by atoms with Gasteiger partial charge in [-0.25, -0.2) is 10.2 Å². The first-order valence-corrected chi connectivity index (χ1v) is 8.88. The first kappa shape index (κ1) is 20.5. The number of rotatable bonds is 7. The van der Waals surface area contributed by atoms with Crippen LogP contribution in [0.25, 0.3) is 0 Å². The minimum Gasteiger partial charge on any atom is -0.493 e. The van der Waals surface area contributed by atoms with Gasteiger partial charge in [-0.3, -0.25) is 9.78 Å². The first-order valence-electron chi connectivity index (χ1n) is 8.88. The van der Waals surface area contributed by atoms with E-state index in [1.54, 1.807) is 54.6 Å². The Morgan fingerprint density at radius 2 is 1.60 bits per heavy atom. The minimum atomic E-state index is -0.526. The van der Waals surface area contributed by atoms with Gasteiger partial charge in [0.05, 0.1) is 26.0 Å². The lowest BCUT2D eigenvalue weighted by Crippen LogP contribution is -2.17. The quantitative estimate of drug-likeness (QED) is 0.281. The molecule has 3 rings (SSSR count). The number of amides is 1. The van der Waals surface area contributed by atoms with Gasteiger partial charge in [0.1, 0.15) is 5.75 Å². The predicted molar refractivity (Wildman–Crippen MR) is 110 cm³/mol. The van der Waals surface area contributed by atoms with Gasteiger partial charge in [-0.2, -0.15) is 5.10 Å². The molecule has 2 aromatic carbocycles. The lowest BCUT2D eigenvalue weighted by atomic mass is 10.2. The molecular formula is C22H19N3O5. The molecule has 1 amide bonds. The predicted octanol–water partition coefficient (Wildman–Crippen LogP) is 3.08. The Morgan fingerprint density at radius 3 is 2.27 bits per heavy atom. The lowest BCUT2D eigenvalue weighted by Gasteiger charge is -2.09. The van der Waals surface area contributed by atoms with Crippen molar-refractivity contribution in [3.63, 3.8) is 0 Å². The second kappa shape index (κ2) is 9.83. The summed E-state index contributed by atoms with van der Waals surface area (Å²) in [7, 11) is 3.01. The van der Waals surface area contributed by atoms with Crippen LogP contribution in [0.1, 0.15) is 26.3 Å². The van der Waals surface area contributed by atoms with E-state index in [1.165, 1.54) is 32.8 Å². The average molecular weight is 405 g/mol. The summed E-state index contributed by atoms with van der Waals surface area (Å²) >= 11 is 0. The van der Waals surface area contributed by atoms with E-state index in [1.807, 2.05) is 0 Å². The molecule has 1 heterocycles. The van der Waals surface area contributed by atoms with E-state index in [0.29, 0.717) is 28.4 Å². The summed E-state index contributed by atoms with van der Waals surface area (Å²) in [6.45, 7) is 0. The van der Waals surface area contributed by atoms with Gasteiger partial charge in [-0.1, -0.05) is 0 Å². The zero-order valence-corrected chi connectivity index (χ0v) is 16.4. The Morgan fingerprint density at radius 1 is 0.900 bits per heavy atom. The summed E-state index contributed by atoms with van der Waals surface area (Å²) in [5.74, 6) is 0.463. The van der Waals surface area contributed by atoms with Crippen molar-refractivity contribution < 1.29 is 23.8 Å². The van der Waals surface area contributed by atoms with Crippen LogP contribution in [0.5, 0.6) is 17.2 Å². The summed E-state index contributed by atoms with van der Waals surface area (Å²) < 4.78 is 15.7. The maximum atomic E-state index is 12.4. The zero-order valence-electron chi connectivity index (χ0n) is 16.4. The van der Waals surface area contributed by atoms with Crippen LogP contribution in [0.4, 0.5) is 0 Å². The van der Waals surface area contributed by atoms with Crippen LogP contribution in [0, 0.1) is 0 Å². The topological polar surface area (TPSA) is 99.1 Å². The molecule has 0 saturated heterocycles. The van der Waals surface area contributed by atoms with Crippen LogP contribution in [0.3, 0.4) is 0 Å². The Balaban J connectivity index is 1.59. The van der Waals surface area contributed by atoms with Crippen molar-refractivity contribution >= 4 is 18.1 Å². The number of methoxy groups -OCH3 is 2. The second-order valence-corrected chi connectivity index (χ2v) is 5.96. The molecule has 1 N–H and O–H groups in total. The number of nitrogens with one attached hydrogen (secondary N) is 1. The van der Waals surface area contributed by atoms with E-state index >= 15 is 0 Å². The molecule has 0 saturated carbocycles. The maximum Gasteiger partial charge on any atom is 0.343 e. The molecule has 152 valence electrons. The molecule has 0 atom stereocenters. The van der Waals surface area contributed by atoms with Crippen LogP contribution in [-0.2, 0) is 0 Å². The van der Waals surface area contributed by atoms with Gasteiger partial charge in [0.15, 0.2) is 11.5 Å². The van der Waals surface area contributed by atoms with Gasteiger partial charge in [0.25, 0.3) is 5.91 Å². The number of esters is 1. The fourth-order valence-corrected chi connectivity index (χ4v) is 2.48. The number of nitrogens with zero attached hydrogens (tertiary/aromatic N) is 2. The van der Waals surface area contributed by atoms with E-state index in [9.17, 15) is 9.59 Å². The summed E-state index contributed by atoms with van der Waals surface area (Å²) in [4.78, 5) is 28.1. The molecule has 30 heavy (non-hydrogen) atoms. The summed E-state index contributed by atoms with van der Waals surface area (Å²) in [5.41, 5.74) is 3.94. The van der Waals surface area contributed by atoms with Crippen molar-refractivity contribution in [2.24, 2.45) is 5.10 Å². The van der Waals surface area contributed by atoms with Crippen LogP contribution in [-0.4, -0.2) is 37.3 Å². The third-order valence-corrected chi connectivity index (χ3v) is 4.03. The Kier molecular flexibility index (Phi) is 6.73. The van der Waals surface area contributed by atoms with Crippen molar-refractivity contribution in [1.82, 2.24) is 10.4 Å². The number of ether oxygens (including phenoxy) is 3. The van der Waals surface area contributed by atoms with Gasteiger partial charge >= 0.3 is 5.97 Å². The van der Waals surface area contributed by atoms with Gasteiger partial charge in [-0.15, -0.1) is 0 Å². The third kappa shape index (κ3) is 5.20. The lowest BCUT2D eigenvalue weighted by molar-refractivity contribution is 0.0734. The standard InChI is InChI=1S/C22H19N3O5/c1-28-19-8-5-17(13-20(19)29-2)22(27)30-18-6-3-15(4-7-18)14-24-25-21(26)16-9-11-23-12-10-16/h3-14H,1-2H3,(H,25,26)/b24-14+. The monoisotopic (exact) mass is 405 g/mol. The van der Waals surface area contributed by atoms with Crippen molar-refractivity contribution in [2.75, 3.05) is 14.2 Å². The molecule has 0 unspecified atom stereocenters. The molecule has 0 spiro atoms. The van der Waals surface area contributed by atoms with Crippen molar-refractivity contribution in [3.8, 4) is 17.2 Å². The van der Waals surface area contributed by atoms with Crippen LogP contribution in [0.15, 0.2) is 72.1 Å². The number of hydrogen-bond donors (Lipinski definition) is 1. The molecule has 8 heteroatoms. The molecule has 0 bridgehead atoms. The summed E-state index contributed by atoms with van der Waals surface area (Å²) in [6, 6.07) is 14.6. The van der Waals surface area contributed by atoms with E-state index in [2.05, 4.69) is 15.5 Å². The third-order valence-electron chi connectivity index (χ3n) is 4.03. The van der Waals surface area contributed by atoms with Crippen LogP contribution in [0.2, 0.25) is 0 Å². The molecule has 0 radical (unpaired) electrons. The first-order chi connectivity index (χ1) is 14.6. The van der Waals surface area contributed by atoms with E-state index in [4.69, 9.17) is 14.2 Å². The number of hydrazone groups is 1. The van der Waals surface area contributed by atoms with E-state index in [-0.39, 0.29) is 5.91 Å². The molecule has 8 nitrogen and oxygen atoms in total. The number of carbonyl (C=O) groups excluding carboxylic acids is 2. The Bertz CT molecular complexity index is 1050. The highest BCUT2D eigenvalue weighted by molar-refractivity contribution is 5.94. The maximum absolute atomic E-state index is 12.4. The van der Waals surface area contributed by atoms with Crippen LogP contribution >= 0.6 is 0 Å². The zero-order chi connectivity index (χ0) is 21.3. The Labute approximate surface area is 173 Å². The number of carbonyl (C=O) groups is 2. The van der Waals surface area contributed by atoms with Crippen molar-refractivity contribution in [2.45, 2.75) is 0 Å².